The molecule has 1 aromatic rings. The Morgan fingerprint density at radius 2 is 2.14 bits per heavy atom. The third-order valence-corrected chi connectivity index (χ3v) is 5.51. The number of sulfonamides is 1. The first-order valence-electron chi connectivity index (χ1n) is 6.68. The molecule has 1 unspecified atom stereocenters. The lowest BCUT2D eigenvalue weighted by atomic mass is 10.1. The summed E-state index contributed by atoms with van der Waals surface area (Å²) in [5.41, 5.74) is -0.186. The molecule has 4 nitrogen and oxygen atoms in total. The van der Waals surface area contributed by atoms with Gasteiger partial charge in [0.2, 0.25) is 10.0 Å². The lowest BCUT2D eigenvalue weighted by Crippen LogP contribution is -2.53. The molecule has 0 N–H and O–H groups in total. The summed E-state index contributed by atoms with van der Waals surface area (Å²) in [7, 11) is -3.80. The predicted octanol–water partition coefficient (Wildman–Crippen LogP) is 2.75. The van der Waals surface area contributed by atoms with Crippen LogP contribution < -0.4 is 0 Å². The zero-order valence-corrected chi connectivity index (χ0v) is 13.8. The molecule has 0 aromatic heterocycles. The van der Waals surface area contributed by atoms with Gasteiger partial charge in [0.15, 0.2) is 0 Å². The maximum absolute atomic E-state index is 13.5. The molecular weight excluding hydrogens is 317 g/mol. The van der Waals surface area contributed by atoms with E-state index in [2.05, 4.69) is 0 Å². The van der Waals surface area contributed by atoms with E-state index >= 15 is 0 Å². The normalized spacial score (nSPS) is 23.2. The SMILES string of the molecule is CC1CN(S(=O)(=O)c2cc(F)ccc2CCl)CC(C)(C)O1. The zero-order chi connectivity index (χ0) is 15.8. The number of hydrogen-bond donors (Lipinski definition) is 0. The minimum atomic E-state index is -3.80. The van der Waals surface area contributed by atoms with Crippen LogP contribution in [0.1, 0.15) is 26.3 Å². The molecule has 1 aliphatic heterocycles. The van der Waals surface area contributed by atoms with Gasteiger partial charge in [0.05, 0.1) is 16.6 Å². The van der Waals surface area contributed by atoms with Crippen LogP contribution in [-0.2, 0) is 20.6 Å². The van der Waals surface area contributed by atoms with Crippen LogP contribution in [0.15, 0.2) is 23.1 Å². The third kappa shape index (κ3) is 3.56. The van der Waals surface area contributed by atoms with E-state index in [0.717, 1.165) is 6.07 Å². The number of benzene rings is 1. The van der Waals surface area contributed by atoms with Gasteiger partial charge < -0.3 is 4.74 Å². The Bertz CT molecular complexity index is 633. The van der Waals surface area contributed by atoms with Crippen molar-refractivity contribution in [2.45, 2.75) is 43.3 Å². The van der Waals surface area contributed by atoms with Gasteiger partial charge >= 0.3 is 0 Å². The summed E-state index contributed by atoms with van der Waals surface area (Å²) in [6.07, 6.45) is -0.225. The largest absolute Gasteiger partial charge is 0.370 e. The van der Waals surface area contributed by atoms with Crippen LogP contribution in [0.25, 0.3) is 0 Å². The Morgan fingerprint density at radius 1 is 1.48 bits per heavy atom. The molecule has 2 rings (SSSR count). The molecule has 21 heavy (non-hydrogen) atoms. The molecule has 7 heteroatoms. The van der Waals surface area contributed by atoms with E-state index in [-0.39, 0.29) is 30.0 Å². The van der Waals surface area contributed by atoms with E-state index in [1.165, 1.54) is 16.4 Å². The highest BCUT2D eigenvalue weighted by atomic mass is 35.5. The van der Waals surface area contributed by atoms with Gasteiger partial charge in [0.25, 0.3) is 0 Å². The van der Waals surface area contributed by atoms with E-state index in [4.69, 9.17) is 16.3 Å². The van der Waals surface area contributed by atoms with E-state index < -0.39 is 21.4 Å². The monoisotopic (exact) mass is 335 g/mol. The van der Waals surface area contributed by atoms with Crippen LogP contribution in [0, 0.1) is 5.82 Å². The molecule has 1 aliphatic rings. The number of nitrogens with zero attached hydrogens (tertiary/aromatic N) is 1. The van der Waals surface area contributed by atoms with Gasteiger partial charge in [0.1, 0.15) is 5.82 Å². The van der Waals surface area contributed by atoms with Crippen molar-refractivity contribution in [1.29, 1.82) is 0 Å². The van der Waals surface area contributed by atoms with Gasteiger partial charge in [-0.25, -0.2) is 12.8 Å². The first-order valence-corrected chi connectivity index (χ1v) is 8.65. The molecule has 0 bridgehead atoms. The Balaban J connectivity index is 2.45. The van der Waals surface area contributed by atoms with Crippen LogP contribution in [0.2, 0.25) is 0 Å². The Morgan fingerprint density at radius 3 is 2.71 bits per heavy atom. The van der Waals surface area contributed by atoms with Gasteiger partial charge in [-0.05, 0) is 38.5 Å². The average molecular weight is 336 g/mol. The molecule has 0 radical (unpaired) electrons. The predicted molar refractivity (Wildman–Crippen MR) is 79.3 cm³/mol. The van der Waals surface area contributed by atoms with E-state index in [1.807, 2.05) is 20.8 Å². The van der Waals surface area contributed by atoms with Crippen LogP contribution in [0.3, 0.4) is 0 Å². The number of rotatable bonds is 3. The summed E-state index contributed by atoms with van der Waals surface area (Å²) in [5, 5.41) is 0. The molecule has 0 spiro atoms. The number of halogens is 2. The van der Waals surface area contributed by atoms with E-state index in [0.29, 0.717) is 5.56 Å². The number of hydrogen-bond acceptors (Lipinski definition) is 3. The van der Waals surface area contributed by atoms with E-state index in [1.54, 1.807) is 0 Å². The molecule has 0 aliphatic carbocycles. The number of ether oxygens (including phenoxy) is 1. The highest BCUT2D eigenvalue weighted by Gasteiger charge is 2.38. The molecule has 1 saturated heterocycles. The lowest BCUT2D eigenvalue weighted by molar-refractivity contribution is -0.109. The molecule has 118 valence electrons. The van der Waals surface area contributed by atoms with Crippen LogP contribution in [0.4, 0.5) is 4.39 Å². The Hall–Kier alpha value is -0.690. The van der Waals surface area contributed by atoms with Gasteiger partial charge in [-0.3, -0.25) is 0 Å². The second kappa shape index (κ2) is 5.83. The van der Waals surface area contributed by atoms with Crippen molar-refractivity contribution in [2.75, 3.05) is 13.1 Å². The zero-order valence-electron chi connectivity index (χ0n) is 12.3. The molecule has 1 aromatic carbocycles. The van der Waals surface area contributed by atoms with Crippen molar-refractivity contribution in [3.05, 3.63) is 29.6 Å². The summed E-state index contributed by atoms with van der Waals surface area (Å²) >= 11 is 5.78. The molecule has 0 amide bonds. The van der Waals surface area contributed by atoms with Crippen molar-refractivity contribution < 1.29 is 17.5 Å². The minimum absolute atomic E-state index is 0.0120. The van der Waals surface area contributed by atoms with Crippen molar-refractivity contribution in [3.8, 4) is 0 Å². The first kappa shape index (κ1) is 16.7. The van der Waals surface area contributed by atoms with Gasteiger partial charge in [-0.2, -0.15) is 4.31 Å². The maximum Gasteiger partial charge on any atom is 0.243 e. The Kier molecular flexibility index (Phi) is 4.63. The number of alkyl halides is 1. The van der Waals surface area contributed by atoms with Crippen molar-refractivity contribution in [1.82, 2.24) is 4.31 Å². The second-order valence-electron chi connectivity index (χ2n) is 5.87. The fourth-order valence-electron chi connectivity index (χ4n) is 2.60. The second-order valence-corrected chi connectivity index (χ2v) is 8.05. The topological polar surface area (TPSA) is 46.6 Å². The highest BCUT2D eigenvalue weighted by Crippen LogP contribution is 2.29. The van der Waals surface area contributed by atoms with Crippen LogP contribution in [0.5, 0.6) is 0 Å². The minimum Gasteiger partial charge on any atom is -0.370 e. The molecule has 1 heterocycles. The molecule has 1 fully saturated rings. The van der Waals surface area contributed by atoms with Crippen LogP contribution >= 0.6 is 11.6 Å². The summed E-state index contributed by atoms with van der Waals surface area (Å²) < 4.78 is 46.1. The van der Waals surface area contributed by atoms with Crippen LogP contribution in [-0.4, -0.2) is 37.5 Å². The van der Waals surface area contributed by atoms with E-state index in [9.17, 15) is 12.8 Å². The fourth-order valence-corrected chi connectivity index (χ4v) is 4.81. The van der Waals surface area contributed by atoms with Crippen molar-refractivity contribution in [2.24, 2.45) is 0 Å². The first-order chi connectivity index (χ1) is 9.65. The lowest BCUT2D eigenvalue weighted by Gasteiger charge is -2.41. The quantitative estimate of drug-likeness (QED) is 0.798. The standard InChI is InChI=1S/C14H19ClFNO3S/c1-10-8-17(9-14(2,3)20-10)21(18,19)13-6-12(16)5-4-11(13)7-15/h4-6,10H,7-9H2,1-3H3. The molecular formula is C14H19ClFNO3S. The molecule has 1 atom stereocenters. The van der Waals surface area contributed by atoms with Crippen molar-refractivity contribution in [3.63, 3.8) is 0 Å². The summed E-state index contributed by atoms with van der Waals surface area (Å²) in [5.74, 6) is -0.582. The van der Waals surface area contributed by atoms with Gasteiger partial charge in [0, 0.05) is 19.0 Å². The summed E-state index contributed by atoms with van der Waals surface area (Å²) in [4.78, 5) is -0.0672. The summed E-state index contributed by atoms with van der Waals surface area (Å²) in [6, 6.07) is 3.65. The number of morpholine rings is 1. The van der Waals surface area contributed by atoms with Crippen molar-refractivity contribution >= 4 is 21.6 Å². The smallest absolute Gasteiger partial charge is 0.243 e. The molecule has 0 saturated carbocycles. The maximum atomic E-state index is 13.5. The van der Waals surface area contributed by atoms with Gasteiger partial charge in [-0.1, -0.05) is 6.07 Å². The fraction of sp³-hybridized carbons (Fsp3) is 0.571. The third-order valence-electron chi connectivity index (χ3n) is 3.33. The summed E-state index contributed by atoms with van der Waals surface area (Å²) in [6.45, 7) is 5.94. The average Bonchev–Trinajstić information content (AvgIpc) is 2.36. The highest BCUT2D eigenvalue weighted by molar-refractivity contribution is 7.89. The van der Waals surface area contributed by atoms with Gasteiger partial charge in [-0.15, -0.1) is 11.6 Å². The Labute approximate surface area is 129 Å².